The van der Waals surface area contributed by atoms with Gasteiger partial charge in [0.1, 0.15) is 10.5 Å². The van der Waals surface area contributed by atoms with Gasteiger partial charge in [-0.15, -0.1) is 4.36 Å². The normalized spacial score (nSPS) is 16.0. The molecule has 2 aromatic heterocycles. The number of rotatable bonds is 4. The van der Waals surface area contributed by atoms with E-state index < -0.39 is 33.3 Å². The molecule has 3 heterocycles. The van der Waals surface area contributed by atoms with E-state index in [4.69, 9.17) is 14.6 Å². The van der Waals surface area contributed by atoms with Crippen molar-refractivity contribution in [2.45, 2.75) is 44.0 Å². The van der Waals surface area contributed by atoms with Crippen LogP contribution < -0.4 is 19.9 Å². The van der Waals surface area contributed by atoms with Gasteiger partial charge < -0.3 is 14.8 Å². The quantitative estimate of drug-likeness (QED) is 0.520. The molecule has 10 nitrogen and oxygen atoms in total. The number of fused-ring (bicyclic) bond motifs is 1. The van der Waals surface area contributed by atoms with Crippen LogP contribution in [-0.4, -0.2) is 37.7 Å². The van der Waals surface area contributed by atoms with E-state index in [2.05, 4.69) is 19.8 Å². The first kappa shape index (κ1) is 25.4. The lowest BCUT2D eigenvalue weighted by molar-refractivity contribution is -0.138. The van der Waals surface area contributed by atoms with Crippen LogP contribution in [0.5, 0.6) is 11.8 Å². The van der Waals surface area contributed by atoms with Crippen molar-refractivity contribution in [1.29, 1.82) is 0 Å². The summed E-state index contributed by atoms with van der Waals surface area (Å²) in [5, 5.41) is 12.3. The zero-order chi connectivity index (χ0) is 26.5. The van der Waals surface area contributed by atoms with Gasteiger partial charge in [-0.3, -0.25) is 0 Å². The number of amides is 2. The summed E-state index contributed by atoms with van der Waals surface area (Å²) in [5.74, 6) is 0.332. The Bertz CT molecular complexity index is 1470. The summed E-state index contributed by atoms with van der Waals surface area (Å²) in [6, 6.07) is 3.95. The minimum absolute atomic E-state index is 0.0944. The third-order valence-electron chi connectivity index (χ3n) is 5.45. The zero-order valence-electron chi connectivity index (χ0n) is 19.7. The molecule has 0 unspecified atom stereocenters. The fraction of sp³-hybridized carbons (Fsp3) is 0.318. The molecule has 1 aromatic carbocycles. The van der Waals surface area contributed by atoms with Gasteiger partial charge in [-0.2, -0.15) is 18.3 Å². The van der Waals surface area contributed by atoms with E-state index in [0.717, 1.165) is 6.07 Å². The summed E-state index contributed by atoms with van der Waals surface area (Å²) >= 11 is 0. The molecular weight excluding hydrogens is 501 g/mol. The fourth-order valence-electron chi connectivity index (χ4n) is 3.84. The third-order valence-corrected chi connectivity index (χ3v) is 6.80. The first-order valence-electron chi connectivity index (χ1n) is 10.5. The van der Waals surface area contributed by atoms with Crippen molar-refractivity contribution in [1.82, 2.24) is 14.8 Å². The molecule has 0 bridgehead atoms. The highest BCUT2D eigenvalue weighted by Crippen LogP contribution is 2.40. The molecule has 0 spiro atoms. The minimum Gasteiger partial charge on any atom is -0.481 e. The molecule has 0 aliphatic carbocycles. The first-order chi connectivity index (χ1) is 16.7. The standard InChI is InChI=1S/C22H23F3N6O4S/c1-12-15(22(23,24)25)6-5-14(13-7-8-27-17(9-13)34-4)18(12)29-20(32)30-36(26,33)16-10-28-31-11-21(2,3)35-19(16)31/h5-10H,11H2,1-4H3,(H3,26,29,30,32,33)/t36-/m1/s1. The Morgan fingerprint density at radius 3 is 2.72 bits per heavy atom. The number of nitrogens with zero attached hydrogens (tertiary/aromatic N) is 4. The summed E-state index contributed by atoms with van der Waals surface area (Å²) < 4.78 is 69.9. The lowest BCUT2D eigenvalue weighted by Crippen LogP contribution is -2.27. The zero-order valence-corrected chi connectivity index (χ0v) is 20.5. The number of nitrogens with two attached hydrogens (primary N) is 1. The van der Waals surface area contributed by atoms with Crippen LogP contribution in [0.15, 0.2) is 45.9 Å². The molecule has 0 saturated carbocycles. The SMILES string of the molecule is COc1cc(-c2ccc(C(F)(F)F)c(C)c2NC(=O)N=[S@@](N)(=O)c2cnn3c2OC(C)(C)C3)ccn1. The maximum atomic E-state index is 13.6. The number of benzene rings is 1. The fourth-order valence-corrected chi connectivity index (χ4v) is 4.82. The van der Waals surface area contributed by atoms with Crippen molar-refractivity contribution in [2.24, 2.45) is 9.50 Å². The predicted octanol–water partition coefficient (Wildman–Crippen LogP) is 4.38. The van der Waals surface area contributed by atoms with Gasteiger partial charge in [-0.05, 0) is 44.0 Å². The van der Waals surface area contributed by atoms with Gasteiger partial charge in [0.2, 0.25) is 11.8 Å². The van der Waals surface area contributed by atoms with E-state index in [1.54, 1.807) is 19.9 Å². The number of aromatic nitrogens is 3. The van der Waals surface area contributed by atoms with Crippen molar-refractivity contribution >= 4 is 21.6 Å². The Labute approximate surface area is 204 Å². The van der Waals surface area contributed by atoms with Crippen molar-refractivity contribution in [3.63, 3.8) is 0 Å². The van der Waals surface area contributed by atoms with Crippen LogP contribution in [0.2, 0.25) is 0 Å². The van der Waals surface area contributed by atoms with Crippen LogP contribution in [0.25, 0.3) is 11.1 Å². The average molecular weight is 525 g/mol. The molecule has 1 atom stereocenters. The summed E-state index contributed by atoms with van der Waals surface area (Å²) in [6.07, 6.45) is -2.08. The number of hydrogen-bond donors (Lipinski definition) is 2. The average Bonchev–Trinajstić information content (AvgIpc) is 3.29. The maximum absolute atomic E-state index is 13.6. The predicted molar refractivity (Wildman–Crippen MR) is 125 cm³/mol. The molecule has 0 saturated heterocycles. The van der Waals surface area contributed by atoms with Crippen molar-refractivity contribution < 1.29 is 31.6 Å². The number of hydrogen-bond acceptors (Lipinski definition) is 6. The lowest BCUT2D eigenvalue weighted by atomic mass is 9.97. The van der Waals surface area contributed by atoms with E-state index in [0.29, 0.717) is 12.1 Å². The second kappa shape index (κ2) is 8.78. The number of urea groups is 1. The van der Waals surface area contributed by atoms with Crippen LogP contribution in [0.3, 0.4) is 0 Å². The molecular formula is C22H23F3N6O4S. The summed E-state index contributed by atoms with van der Waals surface area (Å²) in [6.45, 7) is 5.16. The van der Waals surface area contributed by atoms with Gasteiger partial charge in [-0.1, -0.05) is 6.07 Å². The molecule has 1 aliphatic rings. The highest BCUT2D eigenvalue weighted by Gasteiger charge is 2.36. The number of carbonyl (C=O) groups excluding carboxylic acids is 1. The highest BCUT2D eigenvalue weighted by atomic mass is 32.2. The van der Waals surface area contributed by atoms with Gasteiger partial charge in [0.05, 0.1) is 31.1 Å². The molecule has 1 aliphatic heterocycles. The van der Waals surface area contributed by atoms with Crippen LogP contribution in [-0.2, 0) is 22.6 Å². The minimum atomic E-state index is -4.68. The van der Waals surface area contributed by atoms with Crippen molar-refractivity contribution in [3.05, 3.63) is 47.8 Å². The molecule has 3 aromatic rings. The number of carbonyl (C=O) groups is 1. The largest absolute Gasteiger partial charge is 0.481 e. The Balaban J connectivity index is 1.77. The molecule has 0 radical (unpaired) electrons. The van der Waals surface area contributed by atoms with Gasteiger partial charge in [-0.25, -0.2) is 23.8 Å². The van der Waals surface area contributed by atoms with Crippen LogP contribution >= 0.6 is 0 Å². The molecule has 2 amide bonds. The Morgan fingerprint density at radius 1 is 1.33 bits per heavy atom. The number of alkyl halides is 3. The van der Waals surface area contributed by atoms with Gasteiger partial charge in [0.15, 0.2) is 9.92 Å². The van der Waals surface area contributed by atoms with Crippen molar-refractivity contribution in [2.75, 3.05) is 12.4 Å². The summed E-state index contributed by atoms with van der Waals surface area (Å²) in [4.78, 5) is 16.7. The highest BCUT2D eigenvalue weighted by molar-refractivity contribution is 7.91. The van der Waals surface area contributed by atoms with Gasteiger partial charge >= 0.3 is 12.2 Å². The summed E-state index contributed by atoms with van der Waals surface area (Å²) in [7, 11) is -2.46. The van der Waals surface area contributed by atoms with Crippen LogP contribution in [0.4, 0.5) is 23.7 Å². The number of methoxy groups -OCH3 is 1. The van der Waals surface area contributed by atoms with E-state index in [1.807, 2.05) is 0 Å². The smallest absolute Gasteiger partial charge is 0.416 e. The molecule has 192 valence electrons. The van der Waals surface area contributed by atoms with Gasteiger partial charge in [0.25, 0.3) is 0 Å². The maximum Gasteiger partial charge on any atom is 0.416 e. The van der Waals surface area contributed by atoms with Crippen LogP contribution in [0, 0.1) is 6.92 Å². The summed E-state index contributed by atoms with van der Waals surface area (Å²) in [5.41, 5.74) is -1.37. The number of nitrogens with one attached hydrogen (secondary N) is 1. The van der Waals surface area contributed by atoms with E-state index in [1.165, 1.54) is 43.2 Å². The van der Waals surface area contributed by atoms with Crippen molar-refractivity contribution in [3.8, 4) is 22.9 Å². The first-order valence-corrected chi connectivity index (χ1v) is 12.1. The second-order valence-electron chi connectivity index (χ2n) is 8.67. The monoisotopic (exact) mass is 524 g/mol. The number of ether oxygens (including phenoxy) is 2. The molecule has 0 fully saturated rings. The molecule has 36 heavy (non-hydrogen) atoms. The lowest BCUT2D eigenvalue weighted by Gasteiger charge is -2.18. The van der Waals surface area contributed by atoms with E-state index in [-0.39, 0.29) is 33.5 Å². The molecule has 4 rings (SSSR count). The number of anilines is 1. The topological polar surface area (TPSA) is 134 Å². The molecule has 3 N–H and O–H groups in total. The second-order valence-corrected chi connectivity index (χ2v) is 10.4. The van der Waals surface area contributed by atoms with Crippen LogP contribution in [0.1, 0.15) is 25.0 Å². The van der Waals surface area contributed by atoms with E-state index >= 15 is 0 Å². The van der Waals surface area contributed by atoms with E-state index in [9.17, 15) is 22.2 Å². The third kappa shape index (κ3) is 4.86. The Morgan fingerprint density at radius 2 is 2.06 bits per heavy atom. The Kier molecular flexibility index (Phi) is 6.21. The number of halogens is 3. The number of pyridine rings is 1. The molecule has 14 heteroatoms. The van der Waals surface area contributed by atoms with Gasteiger partial charge in [0, 0.05) is 17.8 Å². The Hall–Kier alpha value is -3.65.